The minimum Gasteiger partial charge on any atom is -0.379 e. The topological polar surface area (TPSA) is 72.4 Å². The van der Waals surface area contributed by atoms with Crippen molar-refractivity contribution in [1.82, 2.24) is 14.3 Å². The van der Waals surface area contributed by atoms with Gasteiger partial charge in [-0.3, -0.25) is 0 Å². The first-order valence-electron chi connectivity index (χ1n) is 9.68. The zero-order valence-electron chi connectivity index (χ0n) is 15.8. The Morgan fingerprint density at radius 1 is 1.15 bits per heavy atom. The van der Waals surface area contributed by atoms with E-state index in [2.05, 4.69) is 13.8 Å². The van der Waals surface area contributed by atoms with E-state index in [1.165, 1.54) is 0 Å². The van der Waals surface area contributed by atoms with E-state index >= 15 is 0 Å². The number of sulfonamides is 1. The van der Waals surface area contributed by atoms with E-state index in [4.69, 9.17) is 14.7 Å². The molecule has 1 aliphatic heterocycles. The van der Waals surface area contributed by atoms with Crippen molar-refractivity contribution in [2.75, 3.05) is 32.1 Å². The summed E-state index contributed by atoms with van der Waals surface area (Å²) in [7, 11) is -3.39. The number of fused-ring (bicyclic) bond motifs is 6. The maximum absolute atomic E-state index is 13.3. The number of hydrogen-bond acceptors (Lipinski definition) is 5. The van der Waals surface area contributed by atoms with Crippen LogP contribution in [0.1, 0.15) is 44.0 Å². The summed E-state index contributed by atoms with van der Waals surface area (Å²) < 4.78 is 33.6. The number of aromatic nitrogens is 2. The normalized spacial score (nSPS) is 29.9. The molecule has 2 aliphatic carbocycles. The highest BCUT2D eigenvalue weighted by molar-refractivity contribution is 7.89. The first-order chi connectivity index (χ1) is 12.9. The summed E-state index contributed by atoms with van der Waals surface area (Å²) >= 11 is 0. The van der Waals surface area contributed by atoms with Crippen molar-refractivity contribution in [3.8, 4) is 0 Å². The Labute approximate surface area is 160 Å². The van der Waals surface area contributed by atoms with Crippen molar-refractivity contribution < 1.29 is 13.2 Å². The second kappa shape index (κ2) is 5.72. The van der Waals surface area contributed by atoms with Crippen LogP contribution in [-0.2, 0) is 20.2 Å². The van der Waals surface area contributed by atoms with Crippen LogP contribution >= 0.6 is 0 Å². The molecule has 2 aromatic rings. The van der Waals surface area contributed by atoms with E-state index in [-0.39, 0.29) is 17.1 Å². The van der Waals surface area contributed by atoms with Crippen molar-refractivity contribution in [2.24, 2.45) is 5.41 Å². The Bertz CT molecular complexity index is 1010. The van der Waals surface area contributed by atoms with Crippen LogP contribution in [0.2, 0.25) is 0 Å². The molecule has 5 rings (SSSR count). The van der Waals surface area contributed by atoms with Gasteiger partial charge in [0, 0.05) is 24.4 Å². The molecular formula is C20H25N3O3S. The van der Waals surface area contributed by atoms with Crippen molar-refractivity contribution in [3.63, 3.8) is 0 Å². The van der Waals surface area contributed by atoms with Crippen molar-refractivity contribution in [3.05, 3.63) is 35.7 Å². The van der Waals surface area contributed by atoms with Gasteiger partial charge in [-0.05, 0) is 30.4 Å². The SMILES string of the molecule is CC1(C)C2CCC1(CS(=O)(=O)N1CCOCC1)c1nc3ccccc3nc12. The van der Waals surface area contributed by atoms with Crippen molar-refractivity contribution in [2.45, 2.75) is 38.0 Å². The highest BCUT2D eigenvalue weighted by atomic mass is 32.2. The molecule has 27 heavy (non-hydrogen) atoms. The molecule has 2 fully saturated rings. The van der Waals surface area contributed by atoms with E-state index in [1.54, 1.807) is 4.31 Å². The maximum Gasteiger partial charge on any atom is 0.215 e. The second-order valence-electron chi connectivity index (χ2n) is 8.61. The summed E-state index contributed by atoms with van der Waals surface area (Å²) in [6.45, 7) is 6.23. The molecule has 1 aromatic carbocycles. The van der Waals surface area contributed by atoms with Gasteiger partial charge in [-0.1, -0.05) is 26.0 Å². The third-order valence-corrected chi connectivity index (χ3v) is 9.15. The molecule has 3 aliphatic rings. The van der Waals surface area contributed by atoms with Crippen molar-refractivity contribution in [1.29, 1.82) is 0 Å². The Morgan fingerprint density at radius 2 is 1.81 bits per heavy atom. The second-order valence-corrected chi connectivity index (χ2v) is 10.6. The molecule has 1 saturated carbocycles. The van der Waals surface area contributed by atoms with Crippen molar-refractivity contribution >= 4 is 21.1 Å². The highest BCUT2D eigenvalue weighted by Gasteiger charge is 2.65. The minimum absolute atomic E-state index is 0.115. The van der Waals surface area contributed by atoms with Gasteiger partial charge in [0.2, 0.25) is 10.0 Å². The summed E-state index contributed by atoms with van der Waals surface area (Å²) in [5.74, 6) is 0.383. The van der Waals surface area contributed by atoms with Gasteiger partial charge < -0.3 is 4.74 Å². The van der Waals surface area contributed by atoms with Crippen LogP contribution in [0.15, 0.2) is 24.3 Å². The highest BCUT2D eigenvalue weighted by Crippen LogP contribution is 2.67. The molecule has 0 amide bonds. The average molecular weight is 388 g/mol. The van der Waals surface area contributed by atoms with E-state index < -0.39 is 15.4 Å². The van der Waals surface area contributed by atoms with Gasteiger partial charge in [0.15, 0.2) is 0 Å². The quantitative estimate of drug-likeness (QED) is 0.809. The fourth-order valence-corrected chi connectivity index (χ4v) is 7.64. The minimum atomic E-state index is -3.39. The van der Waals surface area contributed by atoms with Crippen LogP contribution in [0.25, 0.3) is 11.0 Å². The molecule has 2 bridgehead atoms. The van der Waals surface area contributed by atoms with Crippen LogP contribution in [-0.4, -0.2) is 54.7 Å². The zero-order valence-corrected chi connectivity index (χ0v) is 16.6. The molecule has 2 atom stereocenters. The lowest BCUT2D eigenvalue weighted by Crippen LogP contribution is -2.49. The third-order valence-electron chi connectivity index (χ3n) is 7.14. The fraction of sp³-hybridized carbons (Fsp3) is 0.600. The van der Waals surface area contributed by atoms with E-state index in [9.17, 15) is 8.42 Å². The van der Waals surface area contributed by atoms with Crippen LogP contribution in [0.3, 0.4) is 0 Å². The first kappa shape index (κ1) is 17.5. The standard InChI is InChI=1S/C20H25N3O3S/c1-19(2)14-7-8-20(19,13-27(24,25)23-9-11-26-12-10-23)18-17(14)21-15-5-3-4-6-16(15)22-18/h3-6,14H,7-13H2,1-2H3. The van der Waals surface area contributed by atoms with E-state index in [0.29, 0.717) is 26.3 Å². The molecule has 6 nitrogen and oxygen atoms in total. The Balaban J connectivity index is 1.64. The van der Waals surface area contributed by atoms with Crippen LogP contribution in [0.5, 0.6) is 0 Å². The maximum atomic E-state index is 13.3. The van der Waals surface area contributed by atoms with Crippen LogP contribution < -0.4 is 0 Å². The molecule has 7 heteroatoms. The number of benzene rings is 1. The predicted octanol–water partition coefficient (Wildman–Crippen LogP) is 2.45. The van der Waals surface area contributed by atoms with Gasteiger partial charge in [-0.15, -0.1) is 0 Å². The molecule has 2 unspecified atom stereocenters. The third kappa shape index (κ3) is 2.34. The summed E-state index contributed by atoms with van der Waals surface area (Å²) in [5.41, 5.74) is 3.03. The van der Waals surface area contributed by atoms with Gasteiger partial charge in [0.25, 0.3) is 0 Å². The number of para-hydroxylation sites is 2. The zero-order chi connectivity index (χ0) is 18.9. The van der Waals surface area contributed by atoms with Gasteiger partial charge in [-0.2, -0.15) is 4.31 Å². The smallest absolute Gasteiger partial charge is 0.215 e. The number of nitrogens with zero attached hydrogens (tertiary/aromatic N) is 3. The largest absolute Gasteiger partial charge is 0.379 e. The number of rotatable bonds is 3. The molecule has 1 saturated heterocycles. The summed E-state index contributed by atoms with van der Waals surface area (Å²) in [6.07, 6.45) is 1.83. The summed E-state index contributed by atoms with van der Waals surface area (Å²) in [4.78, 5) is 9.90. The van der Waals surface area contributed by atoms with Gasteiger partial charge in [0.1, 0.15) is 0 Å². The predicted molar refractivity (Wildman–Crippen MR) is 103 cm³/mol. The van der Waals surface area contributed by atoms with Gasteiger partial charge in [-0.25, -0.2) is 18.4 Å². The molecule has 0 N–H and O–H groups in total. The molecule has 1 aromatic heterocycles. The molecule has 0 radical (unpaired) electrons. The van der Waals surface area contributed by atoms with Crippen LogP contribution in [0, 0.1) is 5.41 Å². The van der Waals surface area contributed by atoms with E-state index in [0.717, 1.165) is 35.3 Å². The van der Waals surface area contributed by atoms with Crippen LogP contribution in [0.4, 0.5) is 0 Å². The number of ether oxygens (including phenoxy) is 1. The number of hydrogen-bond donors (Lipinski definition) is 0. The fourth-order valence-electron chi connectivity index (χ4n) is 5.47. The summed E-state index contributed by atoms with van der Waals surface area (Å²) in [6, 6.07) is 7.88. The lowest BCUT2D eigenvalue weighted by Gasteiger charge is -2.39. The lowest BCUT2D eigenvalue weighted by atomic mass is 9.70. The van der Waals surface area contributed by atoms with E-state index in [1.807, 2.05) is 24.3 Å². The van der Waals surface area contributed by atoms with Gasteiger partial charge in [0.05, 0.1) is 41.4 Å². The lowest BCUT2D eigenvalue weighted by molar-refractivity contribution is 0.0724. The Hall–Kier alpha value is -1.57. The van der Waals surface area contributed by atoms with Gasteiger partial charge >= 0.3 is 0 Å². The monoisotopic (exact) mass is 387 g/mol. The molecule has 144 valence electrons. The molecule has 2 heterocycles. The number of morpholine rings is 1. The average Bonchev–Trinajstić information content (AvgIpc) is 3.00. The Morgan fingerprint density at radius 3 is 2.52 bits per heavy atom. The molecular weight excluding hydrogens is 362 g/mol. The molecule has 0 spiro atoms. The first-order valence-corrected chi connectivity index (χ1v) is 11.3. The Kier molecular flexibility index (Phi) is 3.71. The summed E-state index contributed by atoms with van der Waals surface area (Å²) in [5, 5.41) is 0.